The molecule has 0 heterocycles. The minimum absolute atomic E-state index is 0.177. The van der Waals surface area contributed by atoms with E-state index in [-0.39, 0.29) is 17.1 Å². The molecule has 128 valence electrons. The highest BCUT2D eigenvalue weighted by atomic mass is 16.5. The lowest BCUT2D eigenvalue weighted by Crippen LogP contribution is -2.52. The van der Waals surface area contributed by atoms with E-state index in [0.717, 1.165) is 19.5 Å². The number of likely N-dealkylation sites (N-methyl/N-ethyl adjacent to an activating group) is 1. The van der Waals surface area contributed by atoms with Crippen LogP contribution in [0.15, 0.2) is 0 Å². The van der Waals surface area contributed by atoms with E-state index in [9.17, 15) is 0 Å². The summed E-state index contributed by atoms with van der Waals surface area (Å²) in [6, 6.07) is 0.252. The van der Waals surface area contributed by atoms with Crippen LogP contribution in [0.3, 0.4) is 0 Å². The van der Waals surface area contributed by atoms with Gasteiger partial charge in [0.15, 0.2) is 0 Å². The first kappa shape index (κ1) is 20.8. The molecule has 0 bridgehead atoms. The smallest absolute Gasteiger partial charge is 0.0701 e. The fourth-order valence-corrected chi connectivity index (χ4v) is 1.97. The quantitative estimate of drug-likeness (QED) is 0.360. The number of nitrogens with one attached hydrogen (secondary N) is 2. The zero-order valence-corrected chi connectivity index (χ0v) is 14.5. The van der Waals surface area contributed by atoms with E-state index in [1.54, 1.807) is 0 Å². The summed E-state index contributed by atoms with van der Waals surface area (Å²) < 4.78 is 11.0. The summed E-state index contributed by atoms with van der Waals surface area (Å²) in [5.41, 5.74) is 11.5. The molecule has 0 saturated heterocycles. The van der Waals surface area contributed by atoms with Crippen molar-refractivity contribution in [2.75, 3.05) is 46.6 Å². The zero-order chi connectivity index (χ0) is 16.4. The van der Waals surface area contributed by atoms with Gasteiger partial charge in [-0.25, -0.2) is 0 Å². The van der Waals surface area contributed by atoms with E-state index in [1.807, 2.05) is 34.7 Å². The van der Waals surface area contributed by atoms with Gasteiger partial charge in [-0.3, -0.25) is 0 Å². The van der Waals surface area contributed by atoms with Gasteiger partial charge in [0.2, 0.25) is 0 Å². The molecule has 0 fully saturated rings. The fourth-order valence-electron chi connectivity index (χ4n) is 1.97. The minimum Gasteiger partial charge on any atom is -0.379 e. The van der Waals surface area contributed by atoms with Crippen LogP contribution in [0.1, 0.15) is 34.1 Å². The van der Waals surface area contributed by atoms with E-state index in [4.69, 9.17) is 20.9 Å². The van der Waals surface area contributed by atoms with Crippen molar-refractivity contribution in [2.24, 2.45) is 11.5 Å². The van der Waals surface area contributed by atoms with Gasteiger partial charge >= 0.3 is 0 Å². The average Bonchev–Trinajstić information content (AvgIpc) is 2.33. The van der Waals surface area contributed by atoms with Crippen molar-refractivity contribution in [1.82, 2.24) is 10.6 Å². The van der Waals surface area contributed by atoms with Crippen LogP contribution >= 0.6 is 0 Å². The second-order valence-corrected chi connectivity index (χ2v) is 6.84. The van der Waals surface area contributed by atoms with E-state index in [2.05, 4.69) is 10.6 Å². The highest BCUT2D eigenvalue weighted by Crippen LogP contribution is 2.08. The third-order valence-electron chi connectivity index (χ3n) is 3.17. The summed E-state index contributed by atoms with van der Waals surface area (Å²) in [5, 5.41) is 6.48. The molecule has 21 heavy (non-hydrogen) atoms. The van der Waals surface area contributed by atoms with Crippen molar-refractivity contribution in [3.63, 3.8) is 0 Å². The second kappa shape index (κ2) is 10.5. The van der Waals surface area contributed by atoms with Crippen LogP contribution in [0.2, 0.25) is 0 Å². The van der Waals surface area contributed by atoms with Gasteiger partial charge in [0, 0.05) is 36.8 Å². The third kappa shape index (κ3) is 13.2. The first-order valence-corrected chi connectivity index (χ1v) is 7.78. The van der Waals surface area contributed by atoms with Crippen molar-refractivity contribution in [1.29, 1.82) is 0 Å². The normalized spacial score (nSPS) is 14.4. The van der Waals surface area contributed by atoms with E-state index < -0.39 is 0 Å². The molecule has 6 N–H and O–H groups in total. The van der Waals surface area contributed by atoms with Gasteiger partial charge in [0.25, 0.3) is 0 Å². The summed E-state index contributed by atoms with van der Waals surface area (Å²) in [7, 11) is 1.93. The maximum absolute atomic E-state index is 6.07. The van der Waals surface area contributed by atoms with Crippen LogP contribution in [0.5, 0.6) is 0 Å². The Bertz CT molecular complexity index is 249. The van der Waals surface area contributed by atoms with E-state index in [1.165, 1.54) is 0 Å². The molecular weight excluding hydrogens is 268 g/mol. The molecule has 0 aliphatic heterocycles. The maximum atomic E-state index is 6.07. The lowest BCUT2D eigenvalue weighted by atomic mass is 9.94. The van der Waals surface area contributed by atoms with Gasteiger partial charge in [0.1, 0.15) is 0 Å². The van der Waals surface area contributed by atoms with Crippen molar-refractivity contribution in [2.45, 2.75) is 51.2 Å². The molecule has 0 rings (SSSR count). The standard InChI is InChI=1S/C15H36N4O2/c1-14(2,16)12-19-7-9-21-11-10-20-8-6-13(18-5)15(3,4)17/h13,18-19H,6-12,16-17H2,1-5H3. The first-order chi connectivity index (χ1) is 9.67. The fraction of sp³-hybridized carbons (Fsp3) is 1.00. The molecule has 0 aromatic heterocycles. The van der Waals surface area contributed by atoms with Gasteiger partial charge in [-0.05, 0) is 41.2 Å². The predicted octanol–water partition coefficient (Wildman–Crippen LogP) is 0.0619. The molecular formula is C15H36N4O2. The number of rotatable bonds is 13. The molecule has 0 spiro atoms. The summed E-state index contributed by atoms with van der Waals surface area (Å²) in [5.74, 6) is 0. The van der Waals surface area contributed by atoms with Gasteiger partial charge < -0.3 is 31.6 Å². The van der Waals surface area contributed by atoms with Crippen LogP contribution in [0, 0.1) is 0 Å². The van der Waals surface area contributed by atoms with Crippen LogP contribution in [-0.2, 0) is 9.47 Å². The van der Waals surface area contributed by atoms with Crippen LogP contribution in [-0.4, -0.2) is 63.7 Å². The Labute approximate surface area is 130 Å². The van der Waals surface area contributed by atoms with Gasteiger partial charge in [-0.2, -0.15) is 0 Å². The Morgan fingerprint density at radius 3 is 2.00 bits per heavy atom. The largest absolute Gasteiger partial charge is 0.379 e. The van der Waals surface area contributed by atoms with Crippen molar-refractivity contribution in [3.05, 3.63) is 0 Å². The number of hydrogen-bond donors (Lipinski definition) is 4. The molecule has 1 unspecified atom stereocenters. The zero-order valence-electron chi connectivity index (χ0n) is 14.5. The molecule has 0 aromatic carbocycles. The highest BCUT2D eigenvalue weighted by Gasteiger charge is 2.22. The van der Waals surface area contributed by atoms with Crippen molar-refractivity contribution < 1.29 is 9.47 Å². The Morgan fingerprint density at radius 1 is 0.952 bits per heavy atom. The van der Waals surface area contributed by atoms with E-state index >= 15 is 0 Å². The molecule has 0 aliphatic carbocycles. The van der Waals surface area contributed by atoms with Gasteiger partial charge in [-0.15, -0.1) is 0 Å². The molecule has 0 saturated carbocycles. The van der Waals surface area contributed by atoms with Gasteiger partial charge in [-0.1, -0.05) is 0 Å². The molecule has 0 radical (unpaired) electrons. The molecule has 0 aromatic rings. The Morgan fingerprint density at radius 2 is 1.52 bits per heavy atom. The Kier molecular flexibility index (Phi) is 10.4. The number of ether oxygens (including phenoxy) is 2. The minimum atomic E-state index is -0.239. The van der Waals surface area contributed by atoms with Crippen LogP contribution in [0.25, 0.3) is 0 Å². The van der Waals surface area contributed by atoms with Crippen molar-refractivity contribution in [3.8, 4) is 0 Å². The topological polar surface area (TPSA) is 94.6 Å². The predicted molar refractivity (Wildman–Crippen MR) is 88.5 cm³/mol. The summed E-state index contributed by atoms with van der Waals surface area (Å²) in [6.45, 7) is 12.2. The lowest BCUT2D eigenvalue weighted by Gasteiger charge is -2.30. The molecule has 6 nitrogen and oxygen atoms in total. The summed E-state index contributed by atoms with van der Waals surface area (Å²) >= 11 is 0. The first-order valence-electron chi connectivity index (χ1n) is 7.78. The van der Waals surface area contributed by atoms with Crippen LogP contribution in [0.4, 0.5) is 0 Å². The van der Waals surface area contributed by atoms with Crippen LogP contribution < -0.4 is 22.1 Å². The number of nitrogens with two attached hydrogens (primary N) is 2. The lowest BCUT2D eigenvalue weighted by molar-refractivity contribution is 0.0433. The van der Waals surface area contributed by atoms with E-state index in [0.29, 0.717) is 26.4 Å². The number of hydrogen-bond acceptors (Lipinski definition) is 6. The maximum Gasteiger partial charge on any atom is 0.0701 e. The molecule has 1 atom stereocenters. The molecule has 0 aliphatic rings. The Hall–Kier alpha value is -0.240. The third-order valence-corrected chi connectivity index (χ3v) is 3.17. The molecule has 0 amide bonds. The molecule has 6 heteroatoms. The second-order valence-electron chi connectivity index (χ2n) is 6.84. The summed E-state index contributed by atoms with van der Waals surface area (Å²) in [6.07, 6.45) is 0.896. The van der Waals surface area contributed by atoms with Crippen molar-refractivity contribution >= 4 is 0 Å². The summed E-state index contributed by atoms with van der Waals surface area (Å²) in [4.78, 5) is 0. The highest BCUT2D eigenvalue weighted by molar-refractivity contribution is 4.86. The average molecular weight is 304 g/mol. The monoisotopic (exact) mass is 304 g/mol. The van der Waals surface area contributed by atoms with Gasteiger partial charge in [0.05, 0.1) is 19.8 Å². The SMILES string of the molecule is CNC(CCOCCOCCNCC(C)(C)N)C(C)(C)N. The Balaban J connectivity index is 3.37.